The van der Waals surface area contributed by atoms with Gasteiger partial charge in [0, 0.05) is 0 Å². The average molecular weight is 294 g/mol. The third-order valence-electron chi connectivity index (χ3n) is 3.93. The minimum Gasteiger partial charge on any atom is -0.371 e. The minimum atomic E-state index is 0.133. The molecule has 0 radical (unpaired) electrons. The van der Waals surface area contributed by atoms with E-state index in [1.165, 1.54) is 11.1 Å². The summed E-state index contributed by atoms with van der Waals surface area (Å²) in [5.74, 6) is 0. The van der Waals surface area contributed by atoms with E-state index in [-0.39, 0.29) is 12.2 Å². The van der Waals surface area contributed by atoms with Crippen molar-refractivity contribution in [1.29, 1.82) is 0 Å². The molecule has 0 saturated heterocycles. The topological polar surface area (TPSA) is 18.5 Å². The molecule has 3 rings (SSSR count). The minimum absolute atomic E-state index is 0.133. The van der Waals surface area contributed by atoms with Gasteiger partial charge in [-0.05, 0) is 24.0 Å². The lowest BCUT2D eigenvalue weighted by Crippen LogP contribution is -2.32. The first-order valence-electron chi connectivity index (χ1n) is 7.88. The number of hydrogen-bond acceptors (Lipinski definition) is 2. The van der Waals surface area contributed by atoms with Crippen molar-refractivity contribution in [3.63, 3.8) is 0 Å². The Morgan fingerprint density at radius 3 is 1.45 bits per heavy atom. The number of ether oxygens (including phenoxy) is 2. The zero-order chi connectivity index (χ0) is 15.0. The fourth-order valence-electron chi connectivity index (χ4n) is 2.67. The fraction of sp³-hybridized carbons (Fsp3) is 0.300. The SMILES string of the molecule is C1=CCC(OCc2ccccc2)C(OCc2ccccc2)C1. The summed E-state index contributed by atoms with van der Waals surface area (Å²) in [7, 11) is 0. The van der Waals surface area contributed by atoms with Gasteiger partial charge in [-0.2, -0.15) is 0 Å². The normalized spacial score (nSPS) is 20.9. The van der Waals surface area contributed by atoms with Crippen LogP contribution in [-0.4, -0.2) is 12.2 Å². The van der Waals surface area contributed by atoms with Crippen LogP contribution in [0.25, 0.3) is 0 Å². The summed E-state index contributed by atoms with van der Waals surface area (Å²) in [5, 5.41) is 0. The second-order valence-electron chi connectivity index (χ2n) is 5.61. The molecule has 114 valence electrons. The van der Waals surface area contributed by atoms with E-state index in [2.05, 4.69) is 36.4 Å². The van der Waals surface area contributed by atoms with Crippen molar-refractivity contribution in [2.75, 3.05) is 0 Å². The quantitative estimate of drug-likeness (QED) is 0.730. The molecule has 0 fully saturated rings. The molecule has 0 amide bonds. The first kappa shape index (κ1) is 15.0. The fourth-order valence-corrected chi connectivity index (χ4v) is 2.67. The van der Waals surface area contributed by atoms with Crippen LogP contribution in [0.5, 0.6) is 0 Å². The zero-order valence-corrected chi connectivity index (χ0v) is 12.7. The Morgan fingerprint density at radius 2 is 1.05 bits per heavy atom. The van der Waals surface area contributed by atoms with Crippen molar-refractivity contribution < 1.29 is 9.47 Å². The molecule has 1 aliphatic carbocycles. The summed E-state index contributed by atoms with van der Waals surface area (Å²) >= 11 is 0. The van der Waals surface area contributed by atoms with Gasteiger partial charge in [0.05, 0.1) is 25.4 Å². The van der Waals surface area contributed by atoms with Crippen LogP contribution in [0.3, 0.4) is 0 Å². The maximum atomic E-state index is 6.09. The molecule has 22 heavy (non-hydrogen) atoms. The summed E-state index contributed by atoms with van der Waals surface area (Å²) in [6.45, 7) is 1.29. The van der Waals surface area contributed by atoms with Gasteiger partial charge < -0.3 is 9.47 Å². The molecule has 0 aliphatic heterocycles. The molecular formula is C20H22O2. The van der Waals surface area contributed by atoms with Crippen LogP contribution in [-0.2, 0) is 22.7 Å². The molecule has 0 N–H and O–H groups in total. The number of hydrogen-bond donors (Lipinski definition) is 0. The molecule has 0 spiro atoms. The molecule has 0 aromatic heterocycles. The summed E-state index contributed by atoms with van der Waals surface area (Å²) in [6.07, 6.45) is 6.50. The third-order valence-corrected chi connectivity index (χ3v) is 3.93. The molecule has 0 heterocycles. The Balaban J connectivity index is 1.54. The standard InChI is InChI=1S/C20H22O2/c1-3-9-17(10-4-1)15-21-19-13-7-8-14-20(19)22-16-18-11-5-2-6-12-18/h1-12,19-20H,13-16H2. The lowest BCUT2D eigenvalue weighted by Gasteiger charge is -2.28. The van der Waals surface area contributed by atoms with Crippen LogP contribution in [0, 0.1) is 0 Å². The van der Waals surface area contributed by atoms with Crippen molar-refractivity contribution >= 4 is 0 Å². The second-order valence-corrected chi connectivity index (χ2v) is 5.61. The smallest absolute Gasteiger partial charge is 0.0878 e. The van der Waals surface area contributed by atoms with Gasteiger partial charge in [0.25, 0.3) is 0 Å². The van der Waals surface area contributed by atoms with Gasteiger partial charge in [-0.15, -0.1) is 0 Å². The summed E-state index contributed by atoms with van der Waals surface area (Å²) in [4.78, 5) is 0. The van der Waals surface area contributed by atoms with E-state index >= 15 is 0 Å². The molecule has 2 aromatic carbocycles. The van der Waals surface area contributed by atoms with E-state index in [9.17, 15) is 0 Å². The summed E-state index contributed by atoms with van der Waals surface area (Å²) in [6, 6.07) is 20.6. The number of benzene rings is 2. The molecule has 0 bridgehead atoms. The number of rotatable bonds is 6. The van der Waals surface area contributed by atoms with Crippen molar-refractivity contribution in [2.45, 2.75) is 38.3 Å². The lowest BCUT2D eigenvalue weighted by molar-refractivity contribution is -0.0855. The molecule has 0 saturated carbocycles. The highest BCUT2D eigenvalue weighted by molar-refractivity contribution is 5.14. The Hall–Kier alpha value is -1.90. The van der Waals surface area contributed by atoms with Gasteiger partial charge >= 0.3 is 0 Å². The maximum absolute atomic E-state index is 6.09. The van der Waals surface area contributed by atoms with E-state index in [0.29, 0.717) is 13.2 Å². The van der Waals surface area contributed by atoms with Crippen molar-refractivity contribution in [3.05, 3.63) is 83.9 Å². The molecule has 1 aliphatic rings. The highest BCUT2D eigenvalue weighted by Gasteiger charge is 2.24. The van der Waals surface area contributed by atoms with E-state index in [1.807, 2.05) is 36.4 Å². The second kappa shape index (κ2) is 7.92. The van der Waals surface area contributed by atoms with Gasteiger partial charge in [-0.3, -0.25) is 0 Å². The molecule has 2 heteroatoms. The van der Waals surface area contributed by atoms with Crippen LogP contribution in [0.2, 0.25) is 0 Å². The van der Waals surface area contributed by atoms with Crippen LogP contribution in [0.15, 0.2) is 72.8 Å². The van der Waals surface area contributed by atoms with E-state index in [0.717, 1.165) is 12.8 Å². The van der Waals surface area contributed by atoms with Crippen LogP contribution >= 0.6 is 0 Å². The Morgan fingerprint density at radius 1 is 0.636 bits per heavy atom. The van der Waals surface area contributed by atoms with Gasteiger partial charge in [0.15, 0.2) is 0 Å². The molecule has 2 atom stereocenters. The average Bonchev–Trinajstić information content (AvgIpc) is 2.61. The summed E-state index contributed by atoms with van der Waals surface area (Å²) < 4.78 is 12.2. The lowest BCUT2D eigenvalue weighted by atomic mass is 10.0. The predicted molar refractivity (Wildman–Crippen MR) is 88.4 cm³/mol. The van der Waals surface area contributed by atoms with Gasteiger partial charge in [0.1, 0.15) is 0 Å². The molecule has 2 aromatic rings. The Kier molecular flexibility index (Phi) is 5.41. The van der Waals surface area contributed by atoms with Gasteiger partial charge in [-0.1, -0.05) is 72.8 Å². The molecule has 2 unspecified atom stereocenters. The van der Waals surface area contributed by atoms with E-state index in [1.54, 1.807) is 0 Å². The van der Waals surface area contributed by atoms with Crippen LogP contribution < -0.4 is 0 Å². The van der Waals surface area contributed by atoms with Crippen molar-refractivity contribution in [1.82, 2.24) is 0 Å². The van der Waals surface area contributed by atoms with Crippen LogP contribution in [0.4, 0.5) is 0 Å². The largest absolute Gasteiger partial charge is 0.371 e. The van der Waals surface area contributed by atoms with Gasteiger partial charge in [-0.25, -0.2) is 0 Å². The highest BCUT2D eigenvalue weighted by atomic mass is 16.5. The van der Waals surface area contributed by atoms with Crippen molar-refractivity contribution in [3.8, 4) is 0 Å². The highest BCUT2D eigenvalue weighted by Crippen LogP contribution is 2.21. The van der Waals surface area contributed by atoms with Crippen LogP contribution in [0.1, 0.15) is 24.0 Å². The third kappa shape index (κ3) is 4.30. The first-order valence-corrected chi connectivity index (χ1v) is 7.88. The zero-order valence-electron chi connectivity index (χ0n) is 12.7. The Labute approximate surface area is 132 Å². The maximum Gasteiger partial charge on any atom is 0.0878 e. The van der Waals surface area contributed by atoms with Crippen molar-refractivity contribution in [2.24, 2.45) is 0 Å². The van der Waals surface area contributed by atoms with Gasteiger partial charge in [0.2, 0.25) is 0 Å². The molecule has 2 nitrogen and oxygen atoms in total. The van der Waals surface area contributed by atoms with E-state index in [4.69, 9.17) is 9.47 Å². The Bertz CT molecular complexity index is 524. The summed E-state index contributed by atoms with van der Waals surface area (Å²) in [5.41, 5.74) is 2.41. The monoisotopic (exact) mass is 294 g/mol. The predicted octanol–water partition coefficient (Wildman–Crippen LogP) is 4.51. The first-order chi connectivity index (χ1) is 10.9. The van der Waals surface area contributed by atoms with E-state index < -0.39 is 0 Å². The molecular weight excluding hydrogens is 272 g/mol.